The average Bonchev–Trinajstić information content (AvgIpc) is 2.80. The number of benzene rings is 2. The number of nitrogens with one attached hydrogen (secondary N) is 1. The van der Waals surface area contributed by atoms with E-state index in [1.807, 2.05) is 36.4 Å². The van der Waals surface area contributed by atoms with Gasteiger partial charge in [-0.1, -0.05) is 36.4 Å². The highest BCUT2D eigenvalue weighted by atomic mass is 32.2. The van der Waals surface area contributed by atoms with E-state index in [-0.39, 0.29) is 23.3 Å². The van der Waals surface area contributed by atoms with E-state index in [9.17, 15) is 18.0 Å². The number of hydrogen-bond acceptors (Lipinski definition) is 5. The fourth-order valence-electron chi connectivity index (χ4n) is 3.97. The van der Waals surface area contributed by atoms with Gasteiger partial charge in [-0.3, -0.25) is 9.59 Å². The number of likely N-dealkylation sites (N-methyl/N-ethyl adjacent to an activating group) is 1. The van der Waals surface area contributed by atoms with Crippen LogP contribution >= 0.6 is 0 Å². The summed E-state index contributed by atoms with van der Waals surface area (Å²) in [6.07, 6.45) is 2.02. The zero-order chi connectivity index (χ0) is 23.8. The molecule has 1 unspecified atom stereocenters. The molecule has 0 aliphatic carbocycles. The Morgan fingerprint density at radius 1 is 1.24 bits per heavy atom. The smallest absolute Gasteiger partial charge is 0.265 e. The highest BCUT2D eigenvalue weighted by molar-refractivity contribution is 7.89. The summed E-state index contributed by atoms with van der Waals surface area (Å²) in [5.74, 6) is -0.246. The minimum atomic E-state index is -3.94. The predicted octanol–water partition coefficient (Wildman–Crippen LogP) is 2.65. The minimum Gasteiger partial charge on any atom is -0.479 e. The average molecular weight is 470 g/mol. The van der Waals surface area contributed by atoms with Gasteiger partial charge in [-0.2, -0.15) is 4.31 Å². The second-order valence-electron chi connectivity index (χ2n) is 8.31. The normalized spacial score (nSPS) is 18.3. The summed E-state index contributed by atoms with van der Waals surface area (Å²) in [5, 5.41) is 2.71. The molecular weight excluding hydrogens is 442 g/mol. The molecule has 4 rings (SSSR count). The lowest BCUT2D eigenvalue weighted by atomic mass is 9.99. The van der Waals surface area contributed by atoms with Gasteiger partial charge in [-0.05, 0) is 43.0 Å². The molecule has 2 heterocycles. The van der Waals surface area contributed by atoms with Crippen LogP contribution in [0.3, 0.4) is 0 Å². The second kappa shape index (κ2) is 8.99. The molecule has 1 atom stereocenters. The monoisotopic (exact) mass is 469 g/mol. The Labute approximate surface area is 193 Å². The Kier molecular flexibility index (Phi) is 6.27. The summed E-state index contributed by atoms with van der Waals surface area (Å²) in [7, 11) is -2.55. The fourth-order valence-corrected chi connectivity index (χ4v) is 5.31. The van der Waals surface area contributed by atoms with Crippen LogP contribution in [0, 0.1) is 6.92 Å². The summed E-state index contributed by atoms with van der Waals surface area (Å²) in [6, 6.07) is 13.0. The Morgan fingerprint density at radius 2 is 1.97 bits per heavy atom. The molecule has 33 heavy (non-hydrogen) atoms. The molecule has 0 fully saturated rings. The van der Waals surface area contributed by atoms with Crippen molar-refractivity contribution < 1.29 is 22.7 Å². The van der Waals surface area contributed by atoms with Crippen LogP contribution in [0.15, 0.2) is 53.4 Å². The molecule has 8 nitrogen and oxygen atoms in total. The predicted molar refractivity (Wildman–Crippen MR) is 125 cm³/mol. The quantitative estimate of drug-likeness (QED) is 0.726. The van der Waals surface area contributed by atoms with Crippen molar-refractivity contribution in [3.8, 4) is 5.75 Å². The van der Waals surface area contributed by atoms with Crippen molar-refractivity contribution in [2.45, 2.75) is 31.3 Å². The molecule has 9 heteroatoms. The number of hydrogen-bond donors (Lipinski definition) is 1. The van der Waals surface area contributed by atoms with Crippen LogP contribution in [-0.2, 0) is 19.6 Å². The van der Waals surface area contributed by atoms with Crippen molar-refractivity contribution >= 4 is 33.1 Å². The van der Waals surface area contributed by atoms with Crippen LogP contribution in [0.25, 0.3) is 5.57 Å². The van der Waals surface area contributed by atoms with Crippen LogP contribution in [0.2, 0.25) is 0 Å². The zero-order valence-electron chi connectivity index (χ0n) is 18.9. The van der Waals surface area contributed by atoms with E-state index in [2.05, 4.69) is 5.32 Å². The van der Waals surface area contributed by atoms with Gasteiger partial charge in [0.05, 0.1) is 17.1 Å². The van der Waals surface area contributed by atoms with Gasteiger partial charge in [0.25, 0.3) is 5.91 Å². The number of rotatable bonds is 5. The number of carbonyl (C=O) groups is 2. The summed E-state index contributed by atoms with van der Waals surface area (Å²) in [4.78, 5) is 26.4. The van der Waals surface area contributed by atoms with Crippen molar-refractivity contribution in [2.24, 2.45) is 0 Å². The van der Waals surface area contributed by atoms with E-state index in [0.29, 0.717) is 30.1 Å². The molecule has 2 aromatic carbocycles. The molecule has 2 aromatic rings. The first-order chi connectivity index (χ1) is 15.7. The van der Waals surface area contributed by atoms with Crippen LogP contribution in [0.1, 0.15) is 24.5 Å². The number of sulfonamides is 1. The van der Waals surface area contributed by atoms with Crippen LogP contribution in [0.4, 0.5) is 5.69 Å². The summed E-state index contributed by atoms with van der Waals surface area (Å²) in [6.45, 7) is 3.96. The Bertz CT molecular complexity index is 1220. The van der Waals surface area contributed by atoms with E-state index in [1.54, 1.807) is 24.8 Å². The van der Waals surface area contributed by atoms with Crippen molar-refractivity contribution in [1.82, 2.24) is 9.21 Å². The molecule has 2 aliphatic heterocycles. The van der Waals surface area contributed by atoms with Gasteiger partial charge in [0.15, 0.2) is 6.10 Å². The SMILES string of the molecule is Cc1cc2c(cc1S(=O)(=O)N(C)CC(=O)N1CC=C(c3ccccc3)CC1)OC(C)C(=O)N2. The third kappa shape index (κ3) is 4.65. The maximum absolute atomic E-state index is 13.2. The Hall–Kier alpha value is -3.17. The topological polar surface area (TPSA) is 96.0 Å². The summed E-state index contributed by atoms with van der Waals surface area (Å²) in [5.41, 5.74) is 3.22. The third-order valence-corrected chi connectivity index (χ3v) is 7.91. The number of aryl methyl sites for hydroxylation is 1. The maximum Gasteiger partial charge on any atom is 0.265 e. The third-order valence-electron chi connectivity index (χ3n) is 5.96. The van der Waals surface area contributed by atoms with Crippen LogP contribution in [-0.4, -0.2) is 62.2 Å². The zero-order valence-corrected chi connectivity index (χ0v) is 19.7. The molecule has 0 saturated carbocycles. The maximum atomic E-state index is 13.2. The molecular formula is C24H27N3O5S. The largest absolute Gasteiger partial charge is 0.479 e. The van der Waals surface area contributed by atoms with E-state index >= 15 is 0 Å². The van der Waals surface area contributed by atoms with Gasteiger partial charge in [-0.15, -0.1) is 0 Å². The lowest BCUT2D eigenvalue weighted by molar-refractivity contribution is -0.130. The van der Waals surface area contributed by atoms with Crippen LogP contribution < -0.4 is 10.1 Å². The standard InChI is InChI=1S/C24H27N3O5S/c1-16-13-20-21(32-17(2)24(29)25-20)14-22(16)33(30,31)26(3)15-23(28)27-11-9-19(10-12-27)18-7-5-4-6-8-18/h4-9,13-14,17H,10-12,15H2,1-3H3,(H,25,29). The van der Waals surface area contributed by atoms with Gasteiger partial charge in [0.2, 0.25) is 15.9 Å². The molecule has 0 radical (unpaired) electrons. The number of nitrogens with zero attached hydrogens (tertiary/aromatic N) is 2. The summed E-state index contributed by atoms with van der Waals surface area (Å²) >= 11 is 0. The van der Waals surface area contributed by atoms with Gasteiger partial charge in [0, 0.05) is 26.2 Å². The number of ether oxygens (including phenoxy) is 1. The van der Waals surface area contributed by atoms with E-state index in [1.165, 1.54) is 18.7 Å². The fraction of sp³-hybridized carbons (Fsp3) is 0.333. The Balaban J connectivity index is 1.47. The second-order valence-corrected chi connectivity index (χ2v) is 10.3. The molecule has 0 bridgehead atoms. The number of anilines is 1. The summed E-state index contributed by atoms with van der Waals surface area (Å²) < 4.78 is 33.1. The lowest BCUT2D eigenvalue weighted by Crippen LogP contribution is -2.43. The van der Waals surface area contributed by atoms with E-state index in [4.69, 9.17) is 4.74 Å². The van der Waals surface area contributed by atoms with Crippen molar-refractivity contribution in [3.63, 3.8) is 0 Å². The molecule has 2 aliphatic rings. The molecule has 0 spiro atoms. The molecule has 1 N–H and O–H groups in total. The molecule has 0 saturated heterocycles. The number of fused-ring (bicyclic) bond motifs is 1. The number of amides is 2. The highest BCUT2D eigenvalue weighted by Gasteiger charge is 2.31. The first-order valence-electron chi connectivity index (χ1n) is 10.8. The van der Waals surface area contributed by atoms with Crippen molar-refractivity contribution in [2.75, 3.05) is 32.0 Å². The Morgan fingerprint density at radius 3 is 2.64 bits per heavy atom. The number of carbonyl (C=O) groups excluding carboxylic acids is 2. The molecule has 174 valence electrons. The highest BCUT2D eigenvalue weighted by Crippen LogP contribution is 2.35. The van der Waals surface area contributed by atoms with Gasteiger partial charge < -0.3 is 15.0 Å². The van der Waals surface area contributed by atoms with Crippen molar-refractivity contribution in [1.29, 1.82) is 0 Å². The minimum absolute atomic E-state index is 0.0461. The first kappa shape index (κ1) is 23.0. The van der Waals surface area contributed by atoms with Crippen LogP contribution in [0.5, 0.6) is 5.75 Å². The molecule has 2 amide bonds. The van der Waals surface area contributed by atoms with Gasteiger partial charge in [0.1, 0.15) is 5.75 Å². The van der Waals surface area contributed by atoms with Gasteiger partial charge in [-0.25, -0.2) is 8.42 Å². The molecule has 0 aromatic heterocycles. The van der Waals surface area contributed by atoms with Gasteiger partial charge >= 0.3 is 0 Å². The van der Waals surface area contributed by atoms with E-state index < -0.39 is 16.1 Å². The first-order valence-corrected chi connectivity index (χ1v) is 12.2. The lowest BCUT2D eigenvalue weighted by Gasteiger charge is -2.29. The van der Waals surface area contributed by atoms with E-state index in [0.717, 1.165) is 16.3 Å². The van der Waals surface area contributed by atoms with Crippen molar-refractivity contribution in [3.05, 3.63) is 59.7 Å².